The van der Waals surface area contributed by atoms with Gasteiger partial charge in [0.15, 0.2) is 11.5 Å². The van der Waals surface area contributed by atoms with Gasteiger partial charge in [0.25, 0.3) is 0 Å². The van der Waals surface area contributed by atoms with Crippen LogP contribution in [0.3, 0.4) is 0 Å². The normalized spacial score (nSPS) is 27.9. The summed E-state index contributed by atoms with van der Waals surface area (Å²) in [4.78, 5) is 0. The first-order valence-corrected chi connectivity index (χ1v) is 6.96. The summed E-state index contributed by atoms with van der Waals surface area (Å²) in [5.74, 6) is 0. The van der Waals surface area contributed by atoms with Crippen molar-refractivity contribution in [2.75, 3.05) is 0 Å². The van der Waals surface area contributed by atoms with E-state index in [1.807, 2.05) is 6.21 Å². The summed E-state index contributed by atoms with van der Waals surface area (Å²) in [7, 11) is -0.219. The summed E-state index contributed by atoms with van der Waals surface area (Å²) in [5, 5.41) is 11.7. The molecule has 14 heavy (non-hydrogen) atoms. The Kier molecular flexibility index (Phi) is 3.58. The second kappa shape index (κ2) is 4.18. The Labute approximate surface area is 88.7 Å². The Morgan fingerprint density at radius 1 is 1.29 bits per heavy atom. The lowest BCUT2D eigenvalue weighted by Crippen LogP contribution is -2.35. The number of nitrogens with zero attached hydrogens (tertiary/aromatic N) is 1. The second-order valence-electron chi connectivity index (χ2n) is 4.86. The summed E-state index contributed by atoms with van der Waals surface area (Å²) in [6.45, 7) is 11.2. The van der Waals surface area contributed by atoms with E-state index in [2.05, 4.69) is 34.6 Å². The van der Waals surface area contributed by atoms with E-state index < -0.39 is 0 Å². The van der Waals surface area contributed by atoms with E-state index in [-0.39, 0.29) is 13.2 Å². The molecule has 0 saturated heterocycles. The van der Waals surface area contributed by atoms with Crippen LogP contribution in [0.1, 0.15) is 47.5 Å². The zero-order valence-corrected chi connectivity index (χ0v) is 10.8. The summed E-state index contributed by atoms with van der Waals surface area (Å²) in [6, 6.07) is 0. The monoisotopic (exact) mass is 215 g/mol. The third kappa shape index (κ3) is 1.95. The molecule has 0 aromatic heterocycles. The maximum atomic E-state index is 11.8. The van der Waals surface area contributed by atoms with Crippen LogP contribution in [-0.4, -0.2) is 27.6 Å². The van der Waals surface area contributed by atoms with Crippen molar-refractivity contribution < 1.29 is 4.74 Å². The largest absolute Gasteiger partial charge is 0.623 e. The Balaban J connectivity index is 2.93. The Morgan fingerprint density at radius 3 is 2.07 bits per heavy atom. The fourth-order valence-corrected chi connectivity index (χ4v) is 6.83. The average Bonchev–Trinajstić information content (AvgIpc) is 2.30. The van der Waals surface area contributed by atoms with Crippen LogP contribution in [0.15, 0.2) is 0 Å². The van der Waals surface area contributed by atoms with Gasteiger partial charge in [0.1, 0.15) is 0 Å². The summed E-state index contributed by atoms with van der Waals surface area (Å²) < 4.78 is 1.23. The zero-order valence-electron chi connectivity index (χ0n) is 9.95. The molecule has 1 atom stereocenters. The van der Waals surface area contributed by atoms with Crippen LogP contribution in [0, 0.1) is 5.21 Å². The SMILES string of the molecule is CC(C)P(C(C)C)C1(C)CCC=[N+]1[O-]. The lowest BCUT2D eigenvalue weighted by molar-refractivity contribution is -0.502. The molecule has 0 N–H and O–H groups in total. The fourth-order valence-electron chi connectivity index (χ4n) is 2.71. The molecule has 1 aliphatic heterocycles. The van der Waals surface area contributed by atoms with Crippen molar-refractivity contribution in [3.8, 4) is 0 Å². The van der Waals surface area contributed by atoms with Gasteiger partial charge in [0, 0.05) is 19.8 Å². The molecular weight excluding hydrogens is 193 g/mol. The third-order valence-corrected chi connectivity index (χ3v) is 6.82. The molecule has 0 radical (unpaired) electrons. The molecule has 1 rings (SSSR count). The predicted octanol–water partition coefficient (Wildman–Crippen LogP) is 3.38. The minimum absolute atomic E-state index is 0.0995. The molecule has 0 aromatic carbocycles. The standard InChI is InChI=1S/C11H22NOP/c1-9(2)14(10(3)4)11(5)7-6-8-12(11)13/h8-10H,6-7H2,1-5H3. The van der Waals surface area contributed by atoms with Crippen molar-refractivity contribution in [1.82, 2.24) is 0 Å². The Bertz CT molecular complexity index is 229. The topological polar surface area (TPSA) is 26.1 Å². The van der Waals surface area contributed by atoms with Crippen molar-refractivity contribution in [3.05, 3.63) is 5.21 Å². The maximum absolute atomic E-state index is 11.8. The van der Waals surface area contributed by atoms with Gasteiger partial charge in [-0.25, -0.2) is 4.74 Å². The lowest BCUT2D eigenvalue weighted by Gasteiger charge is -2.38. The first kappa shape index (κ1) is 12.0. The van der Waals surface area contributed by atoms with Gasteiger partial charge in [-0.1, -0.05) is 27.7 Å². The molecule has 0 amide bonds. The molecule has 82 valence electrons. The van der Waals surface area contributed by atoms with Gasteiger partial charge < -0.3 is 5.21 Å². The summed E-state index contributed by atoms with van der Waals surface area (Å²) >= 11 is 0. The van der Waals surface area contributed by atoms with Gasteiger partial charge in [-0.15, -0.1) is 0 Å². The quantitative estimate of drug-likeness (QED) is 0.402. The number of rotatable bonds is 3. The minimum Gasteiger partial charge on any atom is -0.623 e. The van der Waals surface area contributed by atoms with Crippen LogP contribution in [0.4, 0.5) is 0 Å². The van der Waals surface area contributed by atoms with E-state index in [1.54, 1.807) is 0 Å². The number of hydrogen-bond acceptors (Lipinski definition) is 1. The molecule has 0 spiro atoms. The van der Waals surface area contributed by atoms with Gasteiger partial charge >= 0.3 is 0 Å². The van der Waals surface area contributed by atoms with E-state index in [4.69, 9.17) is 0 Å². The first-order chi connectivity index (χ1) is 6.39. The first-order valence-electron chi connectivity index (χ1n) is 5.48. The number of hydroxylamine groups is 1. The van der Waals surface area contributed by atoms with E-state index >= 15 is 0 Å². The van der Waals surface area contributed by atoms with Crippen LogP contribution in [-0.2, 0) is 0 Å². The van der Waals surface area contributed by atoms with Gasteiger partial charge in [-0.05, 0) is 19.2 Å². The van der Waals surface area contributed by atoms with Gasteiger partial charge in [0.05, 0.1) is 0 Å². The van der Waals surface area contributed by atoms with Crippen molar-refractivity contribution >= 4 is 14.1 Å². The van der Waals surface area contributed by atoms with Crippen LogP contribution < -0.4 is 0 Å². The van der Waals surface area contributed by atoms with Crippen LogP contribution in [0.5, 0.6) is 0 Å². The van der Waals surface area contributed by atoms with Gasteiger partial charge in [-0.2, -0.15) is 0 Å². The van der Waals surface area contributed by atoms with Crippen LogP contribution >= 0.6 is 7.92 Å². The highest BCUT2D eigenvalue weighted by Gasteiger charge is 2.46. The predicted molar refractivity (Wildman–Crippen MR) is 64.5 cm³/mol. The highest BCUT2D eigenvalue weighted by molar-refractivity contribution is 7.60. The smallest absolute Gasteiger partial charge is 0.187 e. The molecular formula is C11H22NOP. The summed E-state index contributed by atoms with van der Waals surface area (Å²) in [6.07, 6.45) is 3.82. The molecule has 1 aliphatic rings. The fraction of sp³-hybridized carbons (Fsp3) is 0.909. The molecule has 0 bridgehead atoms. The lowest BCUT2D eigenvalue weighted by atomic mass is 10.2. The Hall–Kier alpha value is -0.100. The Morgan fingerprint density at radius 2 is 1.79 bits per heavy atom. The van der Waals surface area contributed by atoms with E-state index in [0.29, 0.717) is 11.3 Å². The molecule has 0 saturated carbocycles. The van der Waals surface area contributed by atoms with Crippen LogP contribution in [0.2, 0.25) is 0 Å². The van der Waals surface area contributed by atoms with Crippen LogP contribution in [0.25, 0.3) is 0 Å². The highest BCUT2D eigenvalue weighted by Crippen LogP contribution is 2.60. The van der Waals surface area contributed by atoms with Crippen molar-refractivity contribution in [2.24, 2.45) is 0 Å². The van der Waals surface area contributed by atoms with Gasteiger partial charge in [-0.3, -0.25) is 0 Å². The molecule has 1 unspecified atom stereocenters. The van der Waals surface area contributed by atoms with Crippen molar-refractivity contribution in [3.63, 3.8) is 0 Å². The van der Waals surface area contributed by atoms with E-state index in [1.165, 1.54) is 4.74 Å². The molecule has 1 heterocycles. The molecule has 2 nitrogen and oxygen atoms in total. The van der Waals surface area contributed by atoms with Gasteiger partial charge in [0.2, 0.25) is 0 Å². The molecule has 0 fully saturated rings. The average molecular weight is 215 g/mol. The van der Waals surface area contributed by atoms with Crippen molar-refractivity contribution in [2.45, 2.75) is 64.1 Å². The second-order valence-corrected chi connectivity index (χ2v) is 8.70. The highest BCUT2D eigenvalue weighted by atomic mass is 31.1. The number of hydrogen-bond donors (Lipinski definition) is 0. The molecule has 0 aromatic rings. The van der Waals surface area contributed by atoms with E-state index in [0.717, 1.165) is 12.8 Å². The van der Waals surface area contributed by atoms with Crippen molar-refractivity contribution in [1.29, 1.82) is 0 Å². The summed E-state index contributed by atoms with van der Waals surface area (Å²) in [5.41, 5.74) is 1.27. The maximum Gasteiger partial charge on any atom is 0.187 e. The molecule has 3 heteroatoms. The molecule has 0 aliphatic carbocycles. The minimum atomic E-state index is -0.219. The third-order valence-electron chi connectivity index (χ3n) is 3.06. The zero-order chi connectivity index (χ0) is 10.9. The van der Waals surface area contributed by atoms with E-state index in [9.17, 15) is 5.21 Å².